The van der Waals surface area contributed by atoms with Crippen molar-refractivity contribution in [2.75, 3.05) is 44.7 Å². The predicted molar refractivity (Wildman–Crippen MR) is 169 cm³/mol. The molecule has 246 valence electrons. The lowest BCUT2D eigenvalue weighted by Gasteiger charge is -2.41. The summed E-state index contributed by atoms with van der Waals surface area (Å²) in [6.07, 6.45) is 4.14. The van der Waals surface area contributed by atoms with Crippen molar-refractivity contribution in [2.45, 2.75) is 95.5 Å². The van der Waals surface area contributed by atoms with Gasteiger partial charge in [-0.2, -0.15) is 0 Å². The van der Waals surface area contributed by atoms with Crippen LogP contribution >= 0.6 is 11.6 Å². The summed E-state index contributed by atoms with van der Waals surface area (Å²) in [5.74, 6) is -0.695. The third kappa shape index (κ3) is 7.52. The number of nitrogens with zero attached hydrogens (tertiary/aromatic N) is 5. The first-order valence-electron chi connectivity index (χ1n) is 15.9. The highest BCUT2D eigenvalue weighted by Gasteiger charge is 2.39. The highest BCUT2D eigenvalue weighted by Crippen LogP contribution is 2.43. The number of anilines is 1. The van der Waals surface area contributed by atoms with E-state index in [-0.39, 0.29) is 35.5 Å². The van der Waals surface area contributed by atoms with Crippen LogP contribution in [0.1, 0.15) is 94.6 Å². The molecule has 1 saturated carbocycles. The number of aromatic nitrogens is 2. The Morgan fingerprint density at radius 2 is 1.82 bits per heavy atom. The van der Waals surface area contributed by atoms with Crippen molar-refractivity contribution in [3.8, 4) is 0 Å². The zero-order chi connectivity index (χ0) is 32.5. The molecule has 2 aliphatic carbocycles. The maximum Gasteiger partial charge on any atom is 0.410 e. The Kier molecular flexibility index (Phi) is 10.2. The van der Waals surface area contributed by atoms with E-state index in [0.717, 1.165) is 24.2 Å². The molecule has 3 atom stereocenters. The first-order valence-corrected chi connectivity index (χ1v) is 16.3. The number of hydrogen-bond acceptors (Lipinski definition) is 8. The Bertz CT molecular complexity index is 1370. The molecule has 1 aromatic carbocycles. The summed E-state index contributed by atoms with van der Waals surface area (Å²) in [4.78, 5) is 42.5. The van der Waals surface area contributed by atoms with Gasteiger partial charge in [0.25, 0.3) is 0 Å². The van der Waals surface area contributed by atoms with E-state index in [4.69, 9.17) is 21.1 Å². The van der Waals surface area contributed by atoms with Crippen molar-refractivity contribution >= 4 is 29.4 Å². The van der Waals surface area contributed by atoms with Gasteiger partial charge in [-0.3, -0.25) is 4.79 Å². The zero-order valence-corrected chi connectivity index (χ0v) is 27.6. The number of carbonyl (C=O) groups is 2. The van der Waals surface area contributed by atoms with Crippen LogP contribution in [0.25, 0.3) is 0 Å². The Labute approximate surface area is 269 Å². The van der Waals surface area contributed by atoms with Crippen LogP contribution in [-0.4, -0.2) is 94.5 Å². The van der Waals surface area contributed by atoms with Crippen molar-refractivity contribution in [1.29, 1.82) is 0 Å². The molecule has 10 nitrogen and oxygen atoms in total. The average molecular weight is 646 g/mol. The largest absolute Gasteiger partial charge is 0.444 e. The first kappa shape index (κ1) is 33.3. The van der Waals surface area contributed by atoms with Crippen molar-refractivity contribution < 1.29 is 28.6 Å². The topological polar surface area (TPSA) is 108 Å². The van der Waals surface area contributed by atoms with Crippen molar-refractivity contribution in [3.05, 3.63) is 52.2 Å². The van der Waals surface area contributed by atoms with Crippen LogP contribution in [-0.2, 0) is 14.3 Å². The maximum absolute atomic E-state index is 14.8. The lowest BCUT2D eigenvalue weighted by molar-refractivity contribution is -0.133. The molecule has 2 amide bonds. The van der Waals surface area contributed by atoms with E-state index in [9.17, 15) is 19.1 Å². The molecule has 1 aromatic heterocycles. The predicted octanol–water partition coefficient (Wildman–Crippen LogP) is 5.44. The molecule has 2 heterocycles. The maximum atomic E-state index is 14.8. The molecular weight excluding hydrogens is 601 g/mol. The number of piperazine rings is 1. The highest BCUT2D eigenvalue weighted by molar-refractivity contribution is 6.30. The van der Waals surface area contributed by atoms with Crippen LogP contribution in [0.5, 0.6) is 0 Å². The quantitative estimate of drug-likeness (QED) is 0.424. The fraction of sp³-hybridized carbons (Fsp3) is 0.636. The molecule has 1 saturated heterocycles. The minimum absolute atomic E-state index is 0.0304. The second-order valence-electron chi connectivity index (χ2n) is 13.5. The molecule has 1 N–H and O–H groups in total. The number of benzene rings is 1. The van der Waals surface area contributed by atoms with E-state index in [1.807, 2.05) is 20.8 Å². The molecule has 45 heavy (non-hydrogen) atoms. The van der Waals surface area contributed by atoms with Gasteiger partial charge in [0, 0.05) is 51.4 Å². The van der Waals surface area contributed by atoms with E-state index >= 15 is 0 Å². The van der Waals surface area contributed by atoms with Gasteiger partial charge in [0.15, 0.2) is 0 Å². The van der Waals surface area contributed by atoms with Crippen molar-refractivity contribution in [3.63, 3.8) is 0 Å². The molecule has 1 aliphatic heterocycles. The highest BCUT2D eigenvalue weighted by atomic mass is 35.5. The van der Waals surface area contributed by atoms with Gasteiger partial charge in [0.05, 0.1) is 28.8 Å². The summed E-state index contributed by atoms with van der Waals surface area (Å²) in [6, 6.07) is 4.27. The smallest absolute Gasteiger partial charge is 0.410 e. The second kappa shape index (κ2) is 13.8. The summed E-state index contributed by atoms with van der Waals surface area (Å²) in [5, 5.41) is 10.4. The van der Waals surface area contributed by atoms with Gasteiger partial charge in [-0.25, -0.2) is 19.2 Å². The van der Waals surface area contributed by atoms with Crippen LogP contribution in [0.3, 0.4) is 0 Å². The van der Waals surface area contributed by atoms with Gasteiger partial charge < -0.3 is 29.3 Å². The molecule has 0 bridgehead atoms. The minimum Gasteiger partial charge on any atom is -0.444 e. The molecule has 12 heteroatoms. The molecule has 0 unspecified atom stereocenters. The number of halogens is 2. The fourth-order valence-electron chi connectivity index (χ4n) is 6.85. The number of aliphatic hydroxyl groups excluding tert-OH is 1. The third-order valence-electron chi connectivity index (χ3n) is 9.24. The molecule has 2 aromatic rings. The van der Waals surface area contributed by atoms with Crippen LogP contribution in [0.15, 0.2) is 24.5 Å². The van der Waals surface area contributed by atoms with Gasteiger partial charge in [0.1, 0.15) is 23.6 Å². The van der Waals surface area contributed by atoms with Crippen molar-refractivity contribution in [1.82, 2.24) is 19.8 Å². The Hall–Kier alpha value is -3.02. The zero-order valence-electron chi connectivity index (χ0n) is 26.8. The minimum atomic E-state index is -0.825. The van der Waals surface area contributed by atoms with Gasteiger partial charge in [-0.1, -0.05) is 24.6 Å². The van der Waals surface area contributed by atoms with Crippen LogP contribution in [0.4, 0.5) is 15.0 Å². The third-order valence-corrected chi connectivity index (χ3v) is 9.55. The Morgan fingerprint density at radius 3 is 2.44 bits per heavy atom. The van der Waals surface area contributed by atoms with E-state index in [0.29, 0.717) is 56.7 Å². The lowest BCUT2D eigenvalue weighted by Crippen LogP contribution is -2.53. The number of ether oxygens (including phenoxy) is 2. The SMILES string of the molecule is CO[C@H]1CC[C@H](N(C[C@@H](C(=O)N2CCN(c3ncnc4c3[C@H](C)C[C@H]4O)CC2)c2ccc(Cl)c(F)c2)C(=O)OC(C)(C)C)CC1. The molecular formula is C33H45ClFN5O5. The Morgan fingerprint density at radius 1 is 1.13 bits per heavy atom. The van der Waals surface area contributed by atoms with Crippen LogP contribution < -0.4 is 4.90 Å². The van der Waals surface area contributed by atoms with Crippen LogP contribution in [0, 0.1) is 5.82 Å². The molecule has 2 fully saturated rings. The van der Waals surface area contributed by atoms with E-state index < -0.39 is 29.5 Å². The molecule has 5 rings (SSSR count). The summed E-state index contributed by atoms with van der Waals surface area (Å²) < 4.78 is 26.2. The number of carbonyl (C=O) groups excluding carboxylic acids is 2. The standard InChI is InChI=1S/C33H45ClFN5O5/c1-20-16-27(41)29-28(20)30(37-19-36-29)38-12-14-39(15-13-38)31(42)24(21-6-11-25(34)26(35)17-21)18-40(32(43)45-33(2,3)4)22-7-9-23(44-5)10-8-22/h6,11,17,19-20,22-24,27,41H,7-10,12-16,18H2,1-5H3/t20-,22-,23-,24-,27-/m1/s1. The van der Waals surface area contributed by atoms with Gasteiger partial charge >= 0.3 is 6.09 Å². The first-order chi connectivity index (χ1) is 21.4. The number of hydrogen-bond donors (Lipinski definition) is 1. The molecule has 0 spiro atoms. The summed E-state index contributed by atoms with van der Waals surface area (Å²) in [7, 11) is 1.70. The monoisotopic (exact) mass is 645 g/mol. The number of aliphatic hydroxyl groups is 1. The summed E-state index contributed by atoms with van der Waals surface area (Å²) >= 11 is 6.03. The second-order valence-corrected chi connectivity index (χ2v) is 13.9. The summed E-state index contributed by atoms with van der Waals surface area (Å²) in [5.41, 5.74) is 1.38. The average Bonchev–Trinajstić information content (AvgIpc) is 3.31. The van der Waals surface area contributed by atoms with E-state index in [2.05, 4.69) is 21.8 Å². The summed E-state index contributed by atoms with van der Waals surface area (Å²) in [6.45, 7) is 9.48. The Balaban J connectivity index is 1.39. The van der Waals surface area contributed by atoms with Gasteiger partial charge in [-0.15, -0.1) is 0 Å². The van der Waals surface area contributed by atoms with Gasteiger partial charge in [0.2, 0.25) is 5.91 Å². The fourth-order valence-corrected chi connectivity index (χ4v) is 6.97. The lowest BCUT2D eigenvalue weighted by atomic mass is 9.90. The van der Waals surface area contributed by atoms with E-state index in [1.165, 1.54) is 18.5 Å². The number of rotatable bonds is 7. The normalized spacial score (nSPS) is 24.3. The number of methoxy groups -OCH3 is 1. The number of fused-ring (bicyclic) bond motifs is 1. The van der Waals surface area contributed by atoms with Crippen molar-refractivity contribution in [2.24, 2.45) is 0 Å². The van der Waals surface area contributed by atoms with Gasteiger partial charge in [-0.05, 0) is 76.5 Å². The van der Waals surface area contributed by atoms with Crippen LogP contribution in [0.2, 0.25) is 5.02 Å². The molecule has 0 radical (unpaired) electrons. The molecule has 3 aliphatic rings. The van der Waals surface area contributed by atoms with E-state index in [1.54, 1.807) is 23.0 Å². The number of amides is 2.